The molecule has 3 unspecified atom stereocenters. The molecule has 142 valence electrons. The van der Waals surface area contributed by atoms with Crippen molar-refractivity contribution in [2.24, 2.45) is 11.8 Å². The molecule has 0 saturated carbocycles. The lowest BCUT2D eigenvalue weighted by Crippen LogP contribution is -2.47. The van der Waals surface area contributed by atoms with E-state index in [1.807, 2.05) is 37.3 Å². The molecule has 0 bridgehead atoms. The van der Waals surface area contributed by atoms with E-state index < -0.39 is 12.0 Å². The predicted molar refractivity (Wildman–Crippen MR) is 98.1 cm³/mol. The third kappa shape index (κ3) is 4.84. The number of benzene rings is 1. The molecule has 6 nitrogen and oxygen atoms in total. The molecule has 1 aliphatic heterocycles. The van der Waals surface area contributed by atoms with Crippen LogP contribution in [0.3, 0.4) is 0 Å². The predicted octanol–water partition coefficient (Wildman–Crippen LogP) is 2.30. The average molecular weight is 360 g/mol. The summed E-state index contributed by atoms with van der Waals surface area (Å²) in [7, 11) is 1.35. The van der Waals surface area contributed by atoms with Crippen molar-refractivity contribution in [2.45, 2.75) is 39.2 Å². The molecule has 0 radical (unpaired) electrons. The highest BCUT2D eigenvalue weighted by molar-refractivity contribution is 5.82. The number of hydrogen-bond donors (Lipinski definition) is 1. The number of carbonyl (C=O) groups excluding carboxylic acids is 3. The largest absolute Gasteiger partial charge is 0.469 e. The van der Waals surface area contributed by atoms with Crippen molar-refractivity contribution < 1.29 is 19.1 Å². The molecule has 0 aliphatic carbocycles. The zero-order valence-corrected chi connectivity index (χ0v) is 15.7. The van der Waals surface area contributed by atoms with Crippen LogP contribution in [0.5, 0.6) is 0 Å². The van der Waals surface area contributed by atoms with E-state index in [2.05, 4.69) is 5.32 Å². The molecule has 1 aromatic carbocycles. The number of hydrogen-bond acceptors (Lipinski definition) is 4. The molecule has 1 N–H and O–H groups in total. The van der Waals surface area contributed by atoms with Gasteiger partial charge in [0.15, 0.2) is 0 Å². The molecule has 1 aliphatic rings. The first-order chi connectivity index (χ1) is 12.5. The SMILES string of the molecule is CCC(=O)N1CCCC(C(=O)NC(c2ccccc2)C(C)C(=O)OC)C1. The summed E-state index contributed by atoms with van der Waals surface area (Å²) in [4.78, 5) is 38.6. The van der Waals surface area contributed by atoms with Gasteiger partial charge in [-0.3, -0.25) is 14.4 Å². The minimum absolute atomic E-state index is 0.0741. The van der Waals surface area contributed by atoms with E-state index >= 15 is 0 Å². The van der Waals surface area contributed by atoms with Gasteiger partial charge in [-0.25, -0.2) is 0 Å². The Morgan fingerprint density at radius 3 is 2.58 bits per heavy atom. The summed E-state index contributed by atoms with van der Waals surface area (Å²) in [6, 6.07) is 8.95. The van der Waals surface area contributed by atoms with Crippen molar-refractivity contribution in [3.63, 3.8) is 0 Å². The molecular weight excluding hydrogens is 332 g/mol. The first kappa shape index (κ1) is 19.9. The number of methoxy groups -OCH3 is 1. The molecule has 0 aromatic heterocycles. The Bertz CT molecular complexity index is 632. The Morgan fingerprint density at radius 2 is 1.96 bits per heavy atom. The van der Waals surface area contributed by atoms with E-state index in [9.17, 15) is 14.4 Å². The lowest BCUT2D eigenvalue weighted by atomic mass is 9.92. The second-order valence-electron chi connectivity index (χ2n) is 6.74. The maximum Gasteiger partial charge on any atom is 0.310 e. The molecule has 1 fully saturated rings. The molecule has 6 heteroatoms. The van der Waals surface area contributed by atoms with E-state index in [0.29, 0.717) is 19.5 Å². The fourth-order valence-corrected chi connectivity index (χ4v) is 3.39. The van der Waals surface area contributed by atoms with Crippen LogP contribution in [-0.2, 0) is 19.1 Å². The Balaban J connectivity index is 2.13. The maximum absolute atomic E-state index is 12.9. The number of nitrogens with zero attached hydrogens (tertiary/aromatic N) is 1. The summed E-state index contributed by atoms with van der Waals surface area (Å²) in [5.41, 5.74) is 0.857. The number of piperidine rings is 1. The van der Waals surface area contributed by atoms with E-state index in [-0.39, 0.29) is 23.7 Å². The second-order valence-corrected chi connectivity index (χ2v) is 6.74. The molecule has 2 rings (SSSR count). The van der Waals surface area contributed by atoms with Gasteiger partial charge in [-0.15, -0.1) is 0 Å². The van der Waals surface area contributed by atoms with E-state index in [0.717, 1.165) is 18.4 Å². The highest BCUT2D eigenvalue weighted by Crippen LogP contribution is 2.25. The number of esters is 1. The topological polar surface area (TPSA) is 75.7 Å². The van der Waals surface area contributed by atoms with Crippen LogP contribution in [-0.4, -0.2) is 42.9 Å². The van der Waals surface area contributed by atoms with Gasteiger partial charge in [-0.1, -0.05) is 37.3 Å². The Labute approximate surface area is 154 Å². The zero-order valence-electron chi connectivity index (χ0n) is 15.7. The standard InChI is InChI=1S/C20H28N2O4/c1-4-17(23)22-12-8-11-16(13-22)19(24)21-18(14(2)20(25)26-3)15-9-6-5-7-10-15/h5-7,9-10,14,16,18H,4,8,11-13H2,1-3H3,(H,21,24). The quantitative estimate of drug-likeness (QED) is 0.790. The third-order valence-corrected chi connectivity index (χ3v) is 4.98. The summed E-state index contributed by atoms with van der Waals surface area (Å²) in [5, 5.41) is 3.02. The number of carbonyl (C=O) groups is 3. The van der Waals surface area contributed by atoms with Crippen LogP contribution in [0.4, 0.5) is 0 Å². The van der Waals surface area contributed by atoms with Crippen molar-refractivity contribution in [1.29, 1.82) is 0 Å². The maximum atomic E-state index is 12.9. The molecule has 1 saturated heterocycles. The van der Waals surface area contributed by atoms with Crippen LogP contribution in [0.1, 0.15) is 44.7 Å². The number of nitrogens with one attached hydrogen (secondary N) is 1. The molecule has 3 atom stereocenters. The van der Waals surface area contributed by atoms with Gasteiger partial charge in [0.25, 0.3) is 0 Å². The third-order valence-electron chi connectivity index (χ3n) is 4.98. The Morgan fingerprint density at radius 1 is 1.27 bits per heavy atom. The molecule has 1 aromatic rings. The summed E-state index contributed by atoms with van der Waals surface area (Å²) in [6.45, 7) is 4.72. The second kappa shape index (κ2) is 9.36. The monoisotopic (exact) mass is 360 g/mol. The first-order valence-electron chi connectivity index (χ1n) is 9.18. The lowest BCUT2D eigenvalue weighted by molar-refractivity contribution is -0.146. The van der Waals surface area contributed by atoms with Crippen LogP contribution in [0.2, 0.25) is 0 Å². The van der Waals surface area contributed by atoms with Crippen LogP contribution >= 0.6 is 0 Å². The summed E-state index contributed by atoms with van der Waals surface area (Å²) < 4.78 is 4.86. The van der Waals surface area contributed by atoms with E-state index in [4.69, 9.17) is 4.74 Å². The molecule has 2 amide bonds. The molecule has 1 heterocycles. The lowest BCUT2D eigenvalue weighted by Gasteiger charge is -2.33. The smallest absolute Gasteiger partial charge is 0.310 e. The van der Waals surface area contributed by atoms with Crippen molar-refractivity contribution in [3.05, 3.63) is 35.9 Å². The Hall–Kier alpha value is -2.37. The summed E-state index contributed by atoms with van der Waals surface area (Å²) in [5.74, 6) is -1.18. The fourth-order valence-electron chi connectivity index (χ4n) is 3.39. The van der Waals surface area contributed by atoms with Crippen molar-refractivity contribution in [2.75, 3.05) is 20.2 Å². The highest BCUT2D eigenvalue weighted by Gasteiger charge is 2.32. The Kier molecular flexibility index (Phi) is 7.18. The number of likely N-dealkylation sites (tertiary alicyclic amines) is 1. The highest BCUT2D eigenvalue weighted by atomic mass is 16.5. The van der Waals surface area contributed by atoms with E-state index in [1.165, 1.54) is 7.11 Å². The van der Waals surface area contributed by atoms with Crippen molar-refractivity contribution >= 4 is 17.8 Å². The van der Waals surface area contributed by atoms with Gasteiger partial charge in [0, 0.05) is 19.5 Å². The van der Waals surface area contributed by atoms with Gasteiger partial charge in [-0.2, -0.15) is 0 Å². The minimum Gasteiger partial charge on any atom is -0.469 e. The normalized spacial score (nSPS) is 19.3. The van der Waals surface area contributed by atoms with Gasteiger partial charge in [0.1, 0.15) is 0 Å². The van der Waals surface area contributed by atoms with Crippen molar-refractivity contribution in [1.82, 2.24) is 10.2 Å². The molecule has 0 spiro atoms. The van der Waals surface area contributed by atoms with Crippen LogP contribution in [0, 0.1) is 11.8 Å². The van der Waals surface area contributed by atoms with E-state index in [1.54, 1.807) is 11.8 Å². The van der Waals surface area contributed by atoms with Crippen LogP contribution in [0.15, 0.2) is 30.3 Å². The number of amides is 2. The van der Waals surface area contributed by atoms with Crippen LogP contribution < -0.4 is 5.32 Å². The fraction of sp³-hybridized carbons (Fsp3) is 0.550. The van der Waals surface area contributed by atoms with Crippen LogP contribution in [0.25, 0.3) is 0 Å². The van der Waals surface area contributed by atoms with Crippen molar-refractivity contribution in [3.8, 4) is 0 Å². The number of ether oxygens (including phenoxy) is 1. The van der Waals surface area contributed by atoms with Gasteiger partial charge in [0.2, 0.25) is 11.8 Å². The minimum atomic E-state index is -0.511. The molecule has 26 heavy (non-hydrogen) atoms. The molecular formula is C20H28N2O4. The number of rotatable bonds is 6. The average Bonchev–Trinajstić information content (AvgIpc) is 2.70. The summed E-state index contributed by atoms with van der Waals surface area (Å²) >= 11 is 0. The van der Waals surface area contributed by atoms with Gasteiger partial charge in [-0.05, 0) is 25.3 Å². The van der Waals surface area contributed by atoms with Gasteiger partial charge >= 0.3 is 5.97 Å². The van der Waals surface area contributed by atoms with Gasteiger partial charge < -0.3 is 15.0 Å². The zero-order chi connectivity index (χ0) is 19.1. The summed E-state index contributed by atoms with van der Waals surface area (Å²) in [6.07, 6.45) is 2.00. The first-order valence-corrected chi connectivity index (χ1v) is 9.18. The van der Waals surface area contributed by atoms with Gasteiger partial charge in [0.05, 0.1) is 25.0 Å².